The number of hydrogen-bond acceptors (Lipinski definition) is 3. The van der Waals surface area contributed by atoms with Crippen molar-refractivity contribution >= 4 is 27.5 Å². The van der Waals surface area contributed by atoms with E-state index in [0.717, 1.165) is 15.7 Å². The van der Waals surface area contributed by atoms with Gasteiger partial charge in [0.25, 0.3) is 0 Å². The second-order valence-corrected chi connectivity index (χ2v) is 5.62. The molecule has 5 heteroatoms. The number of para-hydroxylation sites is 2. The molecule has 22 heavy (non-hydrogen) atoms. The smallest absolute Gasteiger partial charge is 0.227 e. The van der Waals surface area contributed by atoms with E-state index in [1.165, 1.54) is 0 Å². The van der Waals surface area contributed by atoms with Crippen molar-refractivity contribution in [2.24, 2.45) is 0 Å². The molecule has 0 spiro atoms. The maximum absolute atomic E-state index is 11.9. The molecule has 0 aliphatic carbocycles. The van der Waals surface area contributed by atoms with Gasteiger partial charge in [-0.1, -0.05) is 28.1 Å². The Morgan fingerprint density at radius 2 is 1.91 bits per heavy atom. The molecular formula is C17H18BrNO3. The second-order valence-electron chi connectivity index (χ2n) is 4.76. The van der Waals surface area contributed by atoms with E-state index in [2.05, 4.69) is 21.2 Å². The largest absolute Gasteiger partial charge is 0.493 e. The molecule has 2 aromatic rings. The number of benzene rings is 2. The zero-order valence-electron chi connectivity index (χ0n) is 12.6. The van der Waals surface area contributed by atoms with Crippen LogP contribution in [0, 0.1) is 6.92 Å². The van der Waals surface area contributed by atoms with Gasteiger partial charge >= 0.3 is 0 Å². The lowest BCUT2D eigenvalue weighted by molar-refractivity contribution is -0.116. The Morgan fingerprint density at radius 1 is 1.18 bits per heavy atom. The van der Waals surface area contributed by atoms with Gasteiger partial charge in [-0.2, -0.15) is 0 Å². The summed E-state index contributed by atoms with van der Waals surface area (Å²) in [6.07, 6.45) is 0.271. The van der Waals surface area contributed by atoms with Crippen molar-refractivity contribution in [3.05, 3.63) is 52.5 Å². The molecule has 0 fully saturated rings. The summed E-state index contributed by atoms with van der Waals surface area (Å²) in [6, 6.07) is 13.1. The van der Waals surface area contributed by atoms with Gasteiger partial charge in [0.05, 0.1) is 20.1 Å². The van der Waals surface area contributed by atoms with E-state index in [0.29, 0.717) is 18.1 Å². The highest BCUT2D eigenvalue weighted by atomic mass is 79.9. The first kappa shape index (κ1) is 16.4. The Bertz CT molecular complexity index is 658. The summed E-state index contributed by atoms with van der Waals surface area (Å²) in [4.78, 5) is 11.9. The average molecular weight is 364 g/mol. The first-order valence-corrected chi connectivity index (χ1v) is 7.71. The molecule has 0 atom stereocenters. The van der Waals surface area contributed by atoms with Crippen molar-refractivity contribution < 1.29 is 14.3 Å². The molecule has 2 rings (SSSR count). The van der Waals surface area contributed by atoms with Crippen LogP contribution in [0.1, 0.15) is 12.0 Å². The highest BCUT2D eigenvalue weighted by molar-refractivity contribution is 9.10. The fourth-order valence-corrected chi connectivity index (χ4v) is 2.18. The fourth-order valence-electron chi connectivity index (χ4n) is 1.94. The second kappa shape index (κ2) is 7.84. The van der Waals surface area contributed by atoms with Gasteiger partial charge in [0.1, 0.15) is 0 Å². The van der Waals surface area contributed by atoms with Gasteiger partial charge in [-0.05, 0) is 42.8 Å². The number of methoxy groups -OCH3 is 1. The molecule has 1 N–H and O–H groups in total. The van der Waals surface area contributed by atoms with Crippen LogP contribution in [0.15, 0.2) is 46.9 Å². The van der Waals surface area contributed by atoms with Crippen LogP contribution in [-0.4, -0.2) is 19.6 Å². The number of amides is 1. The van der Waals surface area contributed by atoms with Crippen LogP contribution in [0.2, 0.25) is 0 Å². The number of aryl methyl sites for hydroxylation is 1. The molecule has 0 saturated heterocycles. The topological polar surface area (TPSA) is 47.6 Å². The summed E-state index contributed by atoms with van der Waals surface area (Å²) in [5, 5.41) is 2.85. The number of rotatable bonds is 6. The number of carbonyl (C=O) groups is 1. The van der Waals surface area contributed by atoms with Gasteiger partial charge in [-0.15, -0.1) is 0 Å². The maximum atomic E-state index is 11.9. The van der Waals surface area contributed by atoms with Crippen LogP contribution in [0.5, 0.6) is 11.5 Å². The first-order chi connectivity index (χ1) is 10.6. The summed E-state index contributed by atoms with van der Waals surface area (Å²) in [7, 11) is 1.59. The molecule has 0 unspecified atom stereocenters. The van der Waals surface area contributed by atoms with Gasteiger partial charge in [-0.3, -0.25) is 4.79 Å². The Morgan fingerprint density at radius 3 is 2.59 bits per heavy atom. The molecule has 0 aliphatic heterocycles. The zero-order chi connectivity index (χ0) is 15.9. The molecule has 0 aromatic heterocycles. The first-order valence-electron chi connectivity index (χ1n) is 6.92. The van der Waals surface area contributed by atoms with E-state index < -0.39 is 0 Å². The number of ether oxygens (including phenoxy) is 2. The van der Waals surface area contributed by atoms with Crippen molar-refractivity contribution in [3.63, 3.8) is 0 Å². The van der Waals surface area contributed by atoms with E-state index in [-0.39, 0.29) is 12.3 Å². The molecular weight excluding hydrogens is 346 g/mol. The van der Waals surface area contributed by atoms with E-state index in [4.69, 9.17) is 9.47 Å². The molecule has 1 amide bonds. The Kier molecular flexibility index (Phi) is 5.83. The average Bonchev–Trinajstić information content (AvgIpc) is 2.51. The van der Waals surface area contributed by atoms with Crippen molar-refractivity contribution in [2.75, 3.05) is 19.0 Å². The standard InChI is InChI=1S/C17H18BrNO3/c1-12-11-13(7-8-14(12)18)19-17(20)9-10-22-16-6-4-3-5-15(16)21-2/h3-8,11H,9-10H2,1-2H3,(H,19,20). The van der Waals surface area contributed by atoms with E-state index in [9.17, 15) is 4.79 Å². The van der Waals surface area contributed by atoms with Gasteiger partial charge in [0, 0.05) is 10.2 Å². The Balaban J connectivity index is 1.84. The molecule has 4 nitrogen and oxygen atoms in total. The SMILES string of the molecule is COc1ccccc1OCCC(=O)Nc1ccc(Br)c(C)c1. The number of halogens is 1. The van der Waals surface area contributed by atoms with Crippen molar-refractivity contribution in [2.45, 2.75) is 13.3 Å². The van der Waals surface area contributed by atoms with Crippen LogP contribution in [-0.2, 0) is 4.79 Å². The Labute approximate surface area is 138 Å². The highest BCUT2D eigenvalue weighted by Crippen LogP contribution is 2.25. The summed E-state index contributed by atoms with van der Waals surface area (Å²) in [5.41, 5.74) is 1.85. The summed E-state index contributed by atoms with van der Waals surface area (Å²) < 4.78 is 11.8. The number of anilines is 1. The van der Waals surface area contributed by atoms with Crippen LogP contribution in [0.25, 0.3) is 0 Å². The lowest BCUT2D eigenvalue weighted by Crippen LogP contribution is -2.15. The fraction of sp³-hybridized carbons (Fsp3) is 0.235. The minimum absolute atomic E-state index is 0.0865. The van der Waals surface area contributed by atoms with Gasteiger partial charge in [-0.25, -0.2) is 0 Å². The molecule has 0 aliphatic rings. The predicted octanol–water partition coefficient (Wildman–Crippen LogP) is 4.17. The molecule has 0 radical (unpaired) electrons. The molecule has 0 bridgehead atoms. The Hall–Kier alpha value is -2.01. The lowest BCUT2D eigenvalue weighted by Gasteiger charge is -2.10. The maximum Gasteiger partial charge on any atom is 0.227 e. The van der Waals surface area contributed by atoms with E-state index in [1.807, 2.05) is 49.4 Å². The number of hydrogen-bond donors (Lipinski definition) is 1. The van der Waals surface area contributed by atoms with Crippen molar-refractivity contribution in [1.29, 1.82) is 0 Å². The number of carbonyl (C=O) groups excluding carboxylic acids is 1. The van der Waals surface area contributed by atoms with Crippen molar-refractivity contribution in [1.82, 2.24) is 0 Å². The third-order valence-electron chi connectivity index (χ3n) is 3.10. The molecule has 0 saturated carbocycles. The summed E-state index contributed by atoms with van der Waals surface area (Å²) >= 11 is 3.43. The van der Waals surface area contributed by atoms with Crippen LogP contribution < -0.4 is 14.8 Å². The quantitative estimate of drug-likeness (QED) is 0.837. The normalized spacial score (nSPS) is 10.1. The summed E-state index contributed by atoms with van der Waals surface area (Å²) in [6.45, 7) is 2.27. The van der Waals surface area contributed by atoms with Crippen LogP contribution in [0.3, 0.4) is 0 Å². The van der Waals surface area contributed by atoms with Crippen LogP contribution >= 0.6 is 15.9 Å². The summed E-state index contributed by atoms with van der Waals surface area (Å²) in [5.74, 6) is 1.21. The highest BCUT2D eigenvalue weighted by Gasteiger charge is 2.06. The van der Waals surface area contributed by atoms with Gasteiger partial charge in [0.15, 0.2) is 11.5 Å². The van der Waals surface area contributed by atoms with Gasteiger partial charge in [0.2, 0.25) is 5.91 Å². The van der Waals surface area contributed by atoms with E-state index >= 15 is 0 Å². The van der Waals surface area contributed by atoms with E-state index in [1.54, 1.807) is 7.11 Å². The predicted molar refractivity (Wildman–Crippen MR) is 90.6 cm³/mol. The third-order valence-corrected chi connectivity index (χ3v) is 3.99. The minimum atomic E-state index is -0.0865. The van der Waals surface area contributed by atoms with Crippen LogP contribution in [0.4, 0.5) is 5.69 Å². The minimum Gasteiger partial charge on any atom is -0.493 e. The molecule has 0 heterocycles. The zero-order valence-corrected chi connectivity index (χ0v) is 14.1. The number of nitrogens with one attached hydrogen (secondary N) is 1. The lowest BCUT2D eigenvalue weighted by atomic mass is 10.2. The molecule has 116 valence electrons. The molecule has 2 aromatic carbocycles. The monoisotopic (exact) mass is 363 g/mol. The third kappa shape index (κ3) is 4.49. The van der Waals surface area contributed by atoms with Crippen molar-refractivity contribution in [3.8, 4) is 11.5 Å². The van der Waals surface area contributed by atoms with Gasteiger partial charge < -0.3 is 14.8 Å².